The average molecular weight is 1860 g/mol. The summed E-state index contributed by atoms with van der Waals surface area (Å²) in [5.74, 6) is -6.73. The molecule has 115 heavy (non-hydrogen) atoms. The summed E-state index contributed by atoms with van der Waals surface area (Å²) in [6.07, 6.45) is 5.95. The normalized spacial score (nSPS) is 14.3. The molecular formula is C90H107Br4ClN2O18. The van der Waals surface area contributed by atoms with Gasteiger partial charge in [-0.15, -0.1) is 11.6 Å². The van der Waals surface area contributed by atoms with E-state index >= 15 is 0 Å². The maximum absolute atomic E-state index is 12.0. The number of carboxylic acids is 4. The minimum atomic E-state index is -1.13. The van der Waals surface area contributed by atoms with E-state index in [9.17, 15) is 53.7 Å². The molecule has 8 aromatic carbocycles. The number of alkyl halides is 1. The highest BCUT2D eigenvalue weighted by molar-refractivity contribution is 9.11. The van der Waals surface area contributed by atoms with Crippen LogP contribution < -0.4 is 15.7 Å². The molecule has 1 unspecified atom stereocenters. The van der Waals surface area contributed by atoms with Crippen LogP contribution >= 0.6 is 75.3 Å². The van der Waals surface area contributed by atoms with Crippen LogP contribution in [0.1, 0.15) is 212 Å². The van der Waals surface area contributed by atoms with Crippen LogP contribution in [0.5, 0.6) is 0 Å². The number of carbonyl (C=O) groups is 8. The number of halogens is 5. The van der Waals surface area contributed by atoms with E-state index in [-0.39, 0.29) is 24.3 Å². The molecular weight excluding hydrogens is 1750 g/mol. The standard InChI is InChI=1S/3C20H21BrO4.C12H15ClO2.C8H7BrO2.2C5H11NO/c3*1-20(2,3)25-19(24)15-6-4-13(5-7-15)12-17(18(22)23)14-8-10-16(21)11-9-14;1-12(2,3)15-11(14)10-6-4-9(8-13)5-7-10;9-7-3-1-6(2-4-7)5-8(10)11;2*7-4-5-2-1-3-6-5/h3*4-11,17H,12H2,1-3H3,(H,22,23);4-7H,8H2,1-3H3;1-4H,5H2,(H,10,11);2*5-7H,1-4H2/t2*17-;;;;2*5-/m11...00/s1. The summed E-state index contributed by atoms with van der Waals surface area (Å²) in [6.45, 7) is 24.8. The van der Waals surface area contributed by atoms with Crippen molar-refractivity contribution in [3.63, 3.8) is 0 Å². The fourth-order valence-electron chi connectivity index (χ4n) is 10.9. The Morgan fingerprint density at radius 3 is 0.922 bits per heavy atom. The molecule has 0 aliphatic carbocycles. The van der Waals surface area contributed by atoms with Crippen LogP contribution in [0.3, 0.4) is 0 Å². The zero-order chi connectivity index (χ0) is 85.8. The van der Waals surface area contributed by atoms with Crippen LogP contribution in [-0.4, -0.2) is 134 Å². The minimum absolute atomic E-state index is 0.0906. The minimum Gasteiger partial charge on any atom is -0.549 e. The molecule has 0 saturated carbocycles. The zero-order valence-corrected chi connectivity index (χ0v) is 74.2. The zero-order valence-electron chi connectivity index (χ0n) is 67.1. The second-order valence-electron chi connectivity index (χ2n) is 31.1. The fourth-order valence-corrected chi connectivity index (χ4v) is 12.2. The molecule has 620 valence electrons. The molecule has 0 spiro atoms. The number of esters is 4. The second-order valence-corrected chi connectivity index (χ2v) is 35.1. The van der Waals surface area contributed by atoms with E-state index < -0.39 is 70.0 Å². The molecule has 20 nitrogen and oxygen atoms in total. The molecule has 10 rings (SSSR count). The van der Waals surface area contributed by atoms with Crippen molar-refractivity contribution in [2.75, 3.05) is 26.3 Å². The maximum atomic E-state index is 12.0. The van der Waals surface area contributed by atoms with E-state index in [1.807, 2.05) is 132 Å². The second kappa shape index (κ2) is 48.9. The Morgan fingerprint density at radius 1 is 0.417 bits per heavy atom. The van der Waals surface area contributed by atoms with Crippen molar-refractivity contribution in [2.45, 2.75) is 193 Å². The molecule has 2 saturated heterocycles. The number of benzene rings is 8. The van der Waals surface area contributed by atoms with E-state index in [1.54, 1.807) is 146 Å². The third-order valence-electron chi connectivity index (χ3n) is 16.7. The van der Waals surface area contributed by atoms with Crippen molar-refractivity contribution in [1.29, 1.82) is 0 Å². The number of aliphatic hydroxyl groups is 2. The highest BCUT2D eigenvalue weighted by atomic mass is 79.9. The van der Waals surface area contributed by atoms with E-state index in [2.05, 4.69) is 74.4 Å². The largest absolute Gasteiger partial charge is 0.549 e. The molecule has 0 aromatic heterocycles. The van der Waals surface area contributed by atoms with Crippen molar-refractivity contribution >= 4 is 123 Å². The first-order valence-corrected chi connectivity index (χ1v) is 41.2. The first-order valence-electron chi connectivity index (χ1n) is 37.5. The van der Waals surface area contributed by atoms with Gasteiger partial charge in [-0.25, -0.2) is 19.2 Å². The van der Waals surface area contributed by atoms with Gasteiger partial charge in [0.05, 0.1) is 60.3 Å². The van der Waals surface area contributed by atoms with Crippen LogP contribution in [0.25, 0.3) is 0 Å². The predicted molar refractivity (Wildman–Crippen MR) is 459 cm³/mol. The van der Waals surface area contributed by atoms with Gasteiger partial charge in [0, 0.05) is 54.5 Å². The third-order valence-corrected chi connectivity index (χ3v) is 19.1. The number of nitrogens with one attached hydrogen (secondary N) is 1. The van der Waals surface area contributed by atoms with Gasteiger partial charge in [0.2, 0.25) is 0 Å². The summed E-state index contributed by atoms with van der Waals surface area (Å²) in [5.41, 5.74) is 6.27. The molecule has 5 atom stereocenters. The summed E-state index contributed by atoms with van der Waals surface area (Å²) < 4.78 is 24.9. The van der Waals surface area contributed by atoms with Crippen LogP contribution in [0.15, 0.2) is 212 Å². The molecule has 0 bridgehead atoms. The molecule has 8 N–H and O–H groups in total. The molecule has 8 aromatic rings. The smallest absolute Gasteiger partial charge is 0.338 e. The Labute approximate surface area is 714 Å². The Bertz CT molecular complexity index is 3990. The number of quaternary nitrogens is 1. The Morgan fingerprint density at radius 2 is 0.704 bits per heavy atom. The Kier molecular flexibility index (Phi) is 42.1. The van der Waals surface area contributed by atoms with Crippen LogP contribution in [0, 0.1) is 0 Å². The molecule has 0 amide bonds. The highest BCUT2D eigenvalue weighted by Crippen LogP contribution is 2.28. The van der Waals surface area contributed by atoms with E-state index in [0.29, 0.717) is 78.3 Å². The first-order chi connectivity index (χ1) is 53.9. The lowest BCUT2D eigenvalue weighted by Gasteiger charge is -2.20. The molecule has 2 aliphatic rings. The number of carboxylic acid groups (broad SMARTS) is 4. The van der Waals surface area contributed by atoms with Gasteiger partial charge in [-0.1, -0.05) is 161 Å². The average Bonchev–Trinajstić information content (AvgIpc) is 1.40. The number of nitrogens with two attached hydrogens (primary N) is 1. The summed E-state index contributed by atoms with van der Waals surface area (Å²) in [5, 5.41) is 61.4. The monoisotopic (exact) mass is 1850 g/mol. The van der Waals surface area contributed by atoms with Gasteiger partial charge >= 0.3 is 41.8 Å². The van der Waals surface area contributed by atoms with Crippen molar-refractivity contribution in [3.8, 4) is 0 Å². The number of aliphatic carboxylic acids is 4. The van der Waals surface area contributed by atoms with Gasteiger partial charge in [0.15, 0.2) is 0 Å². The lowest BCUT2D eigenvalue weighted by molar-refractivity contribution is -0.671. The molecule has 2 aliphatic heterocycles. The molecule has 2 heterocycles. The molecule has 2 fully saturated rings. The van der Waals surface area contributed by atoms with Crippen molar-refractivity contribution in [1.82, 2.24) is 5.32 Å². The van der Waals surface area contributed by atoms with E-state index in [1.165, 1.54) is 25.8 Å². The number of ether oxygens (including phenoxy) is 4. The Hall–Kier alpha value is -8.43. The van der Waals surface area contributed by atoms with Gasteiger partial charge < -0.3 is 65.0 Å². The van der Waals surface area contributed by atoms with E-state index in [0.717, 1.165) is 69.8 Å². The summed E-state index contributed by atoms with van der Waals surface area (Å²) in [6, 6.07) is 57.5. The first kappa shape index (κ1) is 98.9. The quantitative estimate of drug-likeness (QED) is 0.0200. The van der Waals surface area contributed by atoms with E-state index in [4.69, 9.17) is 45.9 Å². The molecule has 0 radical (unpaired) electrons. The number of hydrogen-bond acceptors (Lipinski definition) is 16. The van der Waals surface area contributed by atoms with Gasteiger partial charge in [-0.3, -0.25) is 14.4 Å². The SMILES string of the molecule is CC(C)(C)OC(=O)c1ccc(CC(C(=O)O)c2ccc(Br)cc2)cc1.CC(C)(C)OC(=O)c1ccc(CCl)cc1.CC(C)(C)OC(=O)c1ccc(C[C@@H](C(=O)O)c2ccc(Br)cc2)cc1.CC(C)(C)OC(=O)c1ccc(C[C@@H](C(=O)[O-])c2ccc(Br)cc2)cc1.O=C(O)Cc1ccc(Br)cc1.OC[C@@H]1CCCN1.OC[C@@H]1CCC[NH2+]1. The Balaban J connectivity index is 0.000000295. The lowest BCUT2D eigenvalue weighted by atomic mass is 9.92. The lowest BCUT2D eigenvalue weighted by Crippen LogP contribution is -2.87. The van der Waals surface area contributed by atoms with Gasteiger partial charge in [-0.2, -0.15) is 0 Å². The highest BCUT2D eigenvalue weighted by Gasteiger charge is 2.26. The third kappa shape index (κ3) is 40.3. The van der Waals surface area contributed by atoms with Crippen LogP contribution in [-0.2, 0) is 69.7 Å². The summed E-state index contributed by atoms with van der Waals surface area (Å²) in [7, 11) is 0. The number of rotatable bonds is 21. The predicted octanol–water partition coefficient (Wildman–Crippen LogP) is 17.0. The number of carbonyl (C=O) groups excluding carboxylic acids is 5. The summed E-state index contributed by atoms with van der Waals surface area (Å²) in [4.78, 5) is 92.7. The fraction of sp³-hybridized carbons (Fsp3) is 0.378. The number of hydrogen-bond donors (Lipinski definition) is 7. The van der Waals surface area contributed by atoms with Crippen LogP contribution in [0.4, 0.5) is 0 Å². The summed E-state index contributed by atoms with van der Waals surface area (Å²) >= 11 is 18.9. The topological polar surface area (TPSA) is 326 Å². The maximum Gasteiger partial charge on any atom is 0.338 e. The van der Waals surface area contributed by atoms with Gasteiger partial charge in [0.1, 0.15) is 28.4 Å². The molecule has 25 heteroatoms. The van der Waals surface area contributed by atoms with Crippen molar-refractivity contribution in [3.05, 3.63) is 279 Å². The van der Waals surface area contributed by atoms with Crippen molar-refractivity contribution < 1.29 is 93.3 Å². The van der Waals surface area contributed by atoms with Gasteiger partial charge in [-0.05, 0) is 263 Å². The number of aliphatic hydroxyl groups excluding tert-OH is 2. The van der Waals surface area contributed by atoms with Gasteiger partial charge in [0.25, 0.3) is 0 Å². The van der Waals surface area contributed by atoms with Crippen molar-refractivity contribution in [2.24, 2.45) is 0 Å². The van der Waals surface area contributed by atoms with Crippen LogP contribution in [0.2, 0.25) is 0 Å².